The van der Waals surface area contributed by atoms with Gasteiger partial charge in [-0.3, -0.25) is 0 Å². The number of imidazole rings is 1. The maximum absolute atomic E-state index is 13.2. The molecule has 2 rings (SSSR count). The fourth-order valence-corrected chi connectivity index (χ4v) is 2.18. The first kappa shape index (κ1) is 13.7. The van der Waals surface area contributed by atoms with Gasteiger partial charge in [-0.05, 0) is 30.7 Å². The molecule has 0 aliphatic rings. The van der Waals surface area contributed by atoms with Crippen LogP contribution in [0.1, 0.15) is 24.4 Å². The van der Waals surface area contributed by atoms with E-state index >= 15 is 0 Å². The van der Waals surface area contributed by atoms with Crippen LogP contribution in [0.4, 0.5) is 8.78 Å². The van der Waals surface area contributed by atoms with Gasteiger partial charge in [0.2, 0.25) is 0 Å². The average molecular weight is 265 g/mol. The van der Waals surface area contributed by atoms with E-state index in [1.54, 1.807) is 6.20 Å². The first-order chi connectivity index (χ1) is 9.10. The van der Waals surface area contributed by atoms with Crippen molar-refractivity contribution in [1.82, 2.24) is 14.9 Å². The van der Waals surface area contributed by atoms with Crippen molar-refractivity contribution in [2.24, 2.45) is 7.05 Å². The van der Waals surface area contributed by atoms with Crippen molar-refractivity contribution in [3.8, 4) is 0 Å². The van der Waals surface area contributed by atoms with Gasteiger partial charge in [-0.15, -0.1) is 0 Å². The average Bonchev–Trinajstić information content (AvgIpc) is 2.73. The minimum absolute atomic E-state index is 0.0637. The van der Waals surface area contributed by atoms with Gasteiger partial charge in [-0.1, -0.05) is 6.92 Å². The topological polar surface area (TPSA) is 29.9 Å². The molecule has 1 aromatic carbocycles. The zero-order chi connectivity index (χ0) is 13.8. The molecule has 1 aromatic heterocycles. The summed E-state index contributed by atoms with van der Waals surface area (Å²) in [5.74, 6) is -0.248. The van der Waals surface area contributed by atoms with Gasteiger partial charge in [0.1, 0.15) is 17.5 Å². The Hall–Kier alpha value is -1.75. The Labute approximate surface area is 111 Å². The van der Waals surface area contributed by atoms with Crippen molar-refractivity contribution >= 4 is 0 Å². The summed E-state index contributed by atoms with van der Waals surface area (Å²) in [6, 6.07) is 3.53. The number of halogens is 2. The van der Waals surface area contributed by atoms with E-state index in [2.05, 4.69) is 10.3 Å². The van der Waals surface area contributed by atoms with Crippen molar-refractivity contribution in [2.45, 2.75) is 19.4 Å². The number of nitrogens with zero attached hydrogens (tertiary/aromatic N) is 2. The molecule has 1 unspecified atom stereocenters. The molecule has 19 heavy (non-hydrogen) atoms. The van der Waals surface area contributed by atoms with Gasteiger partial charge in [0.25, 0.3) is 0 Å². The number of rotatable bonds is 5. The molecule has 5 heteroatoms. The second kappa shape index (κ2) is 5.93. The maximum atomic E-state index is 13.2. The number of likely N-dealkylation sites (N-methyl/N-ethyl adjacent to an activating group) is 1. The SMILES string of the molecule is CCNC(Cc1cc(F)cc(F)c1)c1nccn1C. The highest BCUT2D eigenvalue weighted by molar-refractivity contribution is 5.20. The van der Waals surface area contributed by atoms with Crippen molar-refractivity contribution < 1.29 is 8.78 Å². The Kier molecular flexibility index (Phi) is 4.27. The van der Waals surface area contributed by atoms with Gasteiger partial charge in [-0.25, -0.2) is 13.8 Å². The molecule has 2 aromatic rings. The summed E-state index contributed by atoms with van der Waals surface area (Å²) < 4.78 is 28.3. The number of aromatic nitrogens is 2. The van der Waals surface area contributed by atoms with E-state index < -0.39 is 11.6 Å². The molecule has 0 fully saturated rings. The Morgan fingerprint density at radius 3 is 2.47 bits per heavy atom. The summed E-state index contributed by atoms with van der Waals surface area (Å²) in [6.07, 6.45) is 4.06. The molecule has 0 radical (unpaired) electrons. The largest absolute Gasteiger partial charge is 0.337 e. The number of benzene rings is 1. The molecule has 1 atom stereocenters. The van der Waals surface area contributed by atoms with Gasteiger partial charge in [0.15, 0.2) is 0 Å². The summed E-state index contributed by atoms with van der Waals surface area (Å²) in [5.41, 5.74) is 0.617. The summed E-state index contributed by atoms with van der Waals surface area (Å²) >= 11 is 0. The fraction of sp³-hybridized carbons (Fsp3) is 0.357. The zero-order valence-corrected chi connectivity index (χ0v) is 11.0. The highest BCUT2D eigenvalue weighted by atomic mass is 19.1. The predicted octanol–water partition coefficient (Wildman–Crippen LogP) is 2.59. The first-order valence-corrected chi connectivity index (χ1v) is 6.25. The van der Waals surface area contributed by atoms with E-state index in [0.717, 1.165) is 18.4 Å². The molecule has 0 amide bonds. The van der Waals surface area contributed by atoms with Crippen LogP contribution in [0, 0.1) is 11.6 Å². The predicted molar refractivity (Wildman–Crippen MR) is 69.7 cm³/mol. The number of hydrogen-bond acceptors (Lipinski definition) is 2. The molecule has 0 aliphatic carbocycles. The molecule has 0 aliphatic heterocycles. The van der Waals surface area contributed by atoms with Crippen LogP contribution in [0.15, 0.2) is 30.6 Å². The van der Waals surface area contributed by atoms with Crippen LogP contribution in [0.25, 0.3) is 0 Å². The van der Waals surface area contributed by atoms with Gasteiger partial charge in [0, 0.05) is 25.5 Å². The smallest absolute Gasteiger partial charge is 0.126 e. The van der Waals surface area contributed by atoms with Gasteiger partial charge in [-0.2, -0.15) is 0 Å². The van der Waals surface area contributed by atoms with E-state index in [-0.39, 0.29) is 6.04 Å². The summed E-state index contributed by atoms with van der Waals surface area (Å²) in [5, 5.41) is 3.29. The number of nitrogens with one attached hydrogen (secondary N) is 1. The quantitative estimate of drug-likeness (QED) is 0.900. The van der Waals surface area contributed by atoms with Crippen LogP contribution in [-0.4, -0.2) is 16.1 Å². The molecule has 0 bridgehead atoms. The molecule has 0 saturated heterocycles. The minimum Gasteiger partial charge on any atom is -0.337 e. The molecule has 0 spiro atoms. The second-order valence-corrected chi connectivity index (χ2v) is 4.49. The van der Waals surface area contributed by atoms with E-state index in [9.17, 15) is 8.78 Å². The van der Waals surface area contributed by atoms with E-state index in [0.29, 0.717) is 12.0 Å². The molecule has 102 valence electrons. The van der Waals surface area contributed by atoms with Crippen LogP contribution < -0.4 is 5.32 Å². The monoisotopic (exact) mass is 265 g/mol. The van der Waals surface area contributed by atoms with Gasteiger partial charge in [0.05, 0.1) is 6.04 Å². The fourth-order valence-electron chi connectivity index (χ4n) is 2.18. The Balaban J connectivity index is 2.23. The molecule has 3 nitrogen and oxygen atoms in total. The summed E-state index contributed by atoms with van der Waals surface area (Å²) in [6.45, 7) is 2.75. The Morgan fingerprint density at radius 2 is 1.95 bits per heavy atom. The molecular weight excluding hydrogens is 248 g/mol. The van der Waals surface area contributed by atoms with E-state index in [1.807, 2.05) is 24.7 Å². The van der Waals surface area contributed by atoms with Crippen LogP contribution in [0.2, 0.25) is 0 Å². The molecule has 1 N–H and O–H groups in total. The summed E-state index contributed by atoms with van der Waals surface area (Å²) in [7, 11) is 1.90. The zero-order valence-electron chi connectivity index (χ0n) is 11.0. The lowest BCUT2D eigenvalue weighted by atomic mass is 10.0. The Morgan fingerprint density at radius 1 is 1.26 bits per heavy atom. The molecular formula is C14H17F2N3. The lowest BCUT2D eigenvalue weighted by Gasteiger charge is -2.18. The van der Waals surface area contributed by atoms with Crippen LogP contribution in [-0.2, 0) is 13.5 Å². The third-order valence-corrected chi connectivity index (χ3v) is 2.98. The van der Waals surface area contributed by atoms with Gasteiger partial charge < -0.3 is 9.88 Å². The lowest BCUT2D eigenvalue weighted by Crippen LogP contribution is -2.25. The van der Waals surface area contributed by atoms with Crippen LogP contribution >= 0.6 is 0 Å². The molecule has 0 saturated carbocycles. The van der Waals surface area contributed by atoms with Crippen molar-refractivity contribution in [3.63, 3.8) is 0 Å². The number of aryl methyl sites for hydroxylation is 1. The van der Waals surface area contributed by atoms with Crippen molar-refractivity contribution in [2.75, 3.05) is 6.54 Å². The van der Waals surface area contributed by atoms with Crippen molar-refractivity contribution in [3.05, 3.63) is 53.6 Å². The standard InChI is InChI=1S/C14H17F2N3/c1-3-17-13(14-18-4-5-19(14)2)8-10-6-11(15)9-12(16)7-10/h4-7,9,13,17H,3,8H2,1-2H3. The van der Waals surface area contributed by atoms with Crippen LogP contribution in [0.3, 0.4) is 0 Å². The summed E-state index contributed by atoms with van der Waals surface area (Å²) in [4.78, 5) is 4.29. The lowest BCUT2D eigenvalue weighted by molar-refractivity contribution is 0.502. The molecule has 1 heterocycles. The van der Waals surface area contributed by atoms with Gasteiger partial charge >= 0.3 is 0 Å². The number of hydrogen-bond donors (Lipinski definition) is 1. The normalized spacial score (nSPS) is 12.6. The highest BCUT2D eigenvalue weighted by Gasteiger charge is 2.16. The third kappa shape index (κ3) is 3.38. The van der Waals surface area contributed by atoms with Crippen LogP contribution in [0.5, 0.6) is 0 Å². The third-order valence-electron chi connectivity index (χ3n) is 2.98. The minimum atomic E-state index is -0.551. The highest BCUT2D eigenvalue weighted by Crippen LogP contribution is 2.18. The van der Waals surface area contributed by atoms with E-state index in [4.69, 9.17) is 0 Å². The Bertz CT molecular complexity index is 531. The second-order valence-electron chi connectivity index (χ2n) is 4.49. The van der Waals surface area contributed by atoms with E-state index in [1.165, 1.54) is 12.1 Å². The van der Waals surface area contributed by atoms with Crippen molar-refractivity contribution in [1.29, 1.82) is 0 Å². The first-order valence-electron chi connectivity index (χ1n) is 6.25. The maximum Gasteiger partial charge on any atom is 0.126 e.